The topological polar surface area (TPSA) is 102 Å². The van der Waals surface area contributed by atoms with Crippen LogP contribution in [0.15, 0.2) is 48.5 Å². The third-order valence-electron chi connectivity index (χ3n) is 11.6. The van der Waals surface area contributed by atoms with Crippen LogP contribution >= 0.6 is 0 Å². The van der Waals surface area contributed by atoms with Gasteiger partial charge in [-0.1, -0.05) is 88.8 Å². The van der Waals surface area contributed by atoms with Crippen molar-refractivity contribution in [1.29, 1.82) is 0 Å². The van der Waals surface area contributed by atoms with E-state index < -0.39 is 11.7 Å². The maximum Gasteiger partial charge on any atom is 0.121 e. The highest BCUT2D eigenvalue weighted by atomic mass is 16.5. The standard InChI is InChI=1S/C39H60N2O5.CH4/c42-29-33-26-32(18-19-36(33)43)37(44)27-40-22-12-5-3-1-2-4-6-13-23-41-24-20-31(21-25-41)38(28-41)46-30-39(45,35-16-10-11-17-35)34-14-8-7-9-15-34;/h7-9,14-15,18-19,26,31,35,37-38,40,42,44-45H,1-6,10-13,16-17,20-25,27-30H2;1H4/p+1/t31?,37-,38-,39+,41?;/m0./s1. The van der Waals surface area contributed by atoms with E-state index in [1.54, 1.807) is 12.1 Å². The molecule has 1 aliphatic carbocycles. The lowest BCUT2D eigenvalue weighted by molar-refractivity contribution is -0.946. The molecule has 3 saturated heterocycles. The summed E-state index contributed by atoms with van der Waals surface area (Å²) in [5.74, 6) is 1.02. The number of rotatable bonds is 20. The monoisotopic (exact) mass is 653 g/mol. The van der Waals surface area contributed by atoms with E-state index in [0.29, 0.717) is 36.1 Å². The third kappa shape index (κ3) is 10.3. The molecule has 4 aliphatic rings. The molecule has 1 saturated carbocycles. The Labute approximate surface area is 285 Å². The second-order valence-corrected chi connectivity index (χ2v) is 14.7. The molecular formula is C40H65N2O5+. The summed E-state index contributed by atoms with van der Waals surface area (Å²) in [5, 5.41) is 44.7. The van der Waals surface area contributed by atoms with Crippen LogP contribution in [0.3, 0.4) is 0 Å². The van der Waals surface area contributed by atoms with Crippen LogP contribution in [0.2, 0.25) is 0 Å². The van der Waals surface area contributed by atoms with E-state index in [4.69, 9.17) is 4.74 Å². The van der Waals surface area contributed by atoms with Crippen molar-refractivity contribution in [2.45, 2.75) is 122 Å². The fraction of sp³-hybridized carbons (Fsp3) is 0.700. The summed E-state index contributed by atoms with van der Waals surface area (Å²) in [6, 6.07) is 15.2. The number of piperidine rings is 3. The van der Waals surface area contributed by atoms with E-state index in [1.165, 1.54) is 101 Å². The summed E-state index contributed by atoms with van der Waals surface area (Å²) >= 11 is 0. The number of nitrogens with one attached hydrogen (secondary N) is 1. The van der Waals surface area contributed by atoms with Gasteiger partial charge in [-0.15, -0.1) is 0 Å². The summed E-state index contributed by atoms with van der Waals surface area (Å²) in [7, 11) is 0. The first-order valence-corrected chi connectivity index (χ1v) is 18.5. The van der Waals surface area contributed by atoms with Gasteiger partial charge in [0.25, 0.3) is 0 Å². The minimum Gasteiger partial charge on any atom is -0.508 e. The average Bonchev–Trinajstić information content (AvgIpc) is 3.65. The third-order valence-corrected chi connectivity index (χ3v) is 11.6. The molecule has 3 aliphatic heterocycles. The first-order valence-electron chi connectivity index (χ1n) is 18.5. The molecule has 2 aromatic rings. The van der Waals surface area contributed by atoms with Gasteiger partial charge in [-0.25, -0.2) is 0 Å². The van der Waals surface area contributed by atoms with Crippen molar-refractivity contribution in [3.8, 4) is 5.75 Å². The van der Waals surface area contributed by atoms with Gasteiger partial charge in [0, 0.05) is 30.9 Å². The van der Waals surface area contributed by atoms with E-state index in [9.17, 15) is 20.4 Å². The van der Waals surface area contributed by atoms with Crippen molar-refractivity contribution in [2.24, 2.45) is 11.8 Å². The minimum atomic E-state index is -0.867. The Hall–Kier alpha value is -2.00. The van der Waals surface area contributed by atoms with Crippen LogP contribution in [-0.2, 0) is 16.9 Å². The Morgan fingerprint density at radius 2 is 1.53 bits per heavy atom. The molecular weight excluding hydrogens is 588 g/mol. The molecule has 47 heavy (non-hydrogen) atoms. The number of hydrogen-bond acceptors (Lipinski definition) is 6. The van der Waals surface area contributed by atoms with Crippen LogP contribution in [-0.4, -0.2) is 76.9 Å². The summed E-state index contributed by atoms with van der Waals surface area (Å²) in [5.41, 5.74) is 1.32. The molecule has 2 aromatic carbocycles. The van der Waals surface area contributed by atoms with Gasteiger partial charge in [-0.05, 0) is 67.8 Å². The number of hydrogen-bond donors (Lipinski definition) is 5. The van der Waals surface area contributed by atoms with Gasteiger partial charge in [-0.3, -0.25) is 0 Å². The number of fused-ring (bicyclic) bond motifs is 3. The molecule has 0 unspecified atom stereocenters. The van der Waals surface area contributed by atoms with Crippen molar-refractivity contribution in [2.75, 3.05) is 45.9 Å². The van der Waals surface area contributed by atoms with Crippen molar-refractivity contribution in [3.05, 3.63) is 65.2 Å². The lowest BCUT2D eigenvalue weighted by Crippen LogP contribution is -2.64. The molecule has 5 N–H and O–H groups in total. The minimum absolute atomic E-state index is 0. The van der Waals surface area contributed by atoms with Crippen molar-refractivity contribution < 1.29 is 29.6 Å². The summed E-state index contributed by atoms with van der Waals surface area (Å²) in [4.78, 5) is 0. The Morgan fingerprint density at radius 1 is 0.872 bits per heavy atom. The molecule has 3 atom stereocenters. The Morgan fingerprint density at radius 3 is 2.21 bits per heavy atom. The van der Waals surface area contributed by atoms with Crippen molar-refractivity contribution in [3.63, 3.8) is 0 Å². The number of ether oxygens (including phenoxy) is 1. The number of quaternary nitrogens is 1. The van der Waals surface area contributed by atoms with Gasteiger partial charge >= 0.3 is 0 Å². The molecule has 7 heteroatoms. The summed E-state index contributed by atoms with van der Waals surface area (Å²) in [6.07, 6.45) is 16.9. The smallest absolute Gasteiger partial charge is 0.121 e. The largest absolute Gasteiger partial charge is 0.508 e. The van der Waals surface area contributed by atoms with Crippen LogP contribution in [0.4, 0.5) is 0 Å². The molecule has 0 spiro atoms. The van der Waals surface area contributed by atoms with Crippen molar-refractivity contribution >= 4 is 0 Å². The van der Waals surface area contributed by atoms with Crippen LogP contribution < -0.4 is 5.32 Å². The Kier molecular flexibility index (Phi) is 15.0. The van der Waals surface area contributed by atoms with Crippen LogP contribution in [0.25, 0.3) is 0 Å². The number of nitrogens with zero attached hydrogens (tertiary/aromatic N) is 1. The molecule has 6 rings (SSSR count). The number of phenols is 1. The van der Waals surface area contributed by atoms with Gasteiger partial charge in [0.1, 0.15) is 24.0 Å². The molecule has 0 radical (unpaired) electrons. The fourth-order valence-corrected chi connectivity index (χ4v) is 8.58. The van der Waals surface area contributed by atoms with Crippen LogP contribution in [0, 0.1) is 11.8 Å². The second-order valence-electron chi connectivity index (χ2n) is 14.7. The van der Waals surface area contributed by atoms with E-state index in [-0.39, 0.29) is 25.9 Å². The first-order chi connectivity index (χ1) is 22.4. The maximum atomic E-state index is 12.0. The highest BCUT2D eigenvalue weighted by molar-refractivity contribution is 5.36. The Balaban J connectivity index is 0.00000500. The van der Waals surface area contributed by atoms with Gasteiger partial charge in [0.2, 0.25) is 0 Å². The fourth-order valence-electron chi connectivity index (χ4n) is 8.58. The second kappa shape index (κ2) is 18.7. The van der Waals surface area contributed by atoms with E-state index in [1.807, 2.05) is 18.2 Å². The van der Waals surface area contributed by atoms with E-state index in [2.05, 4.69) is 17.4 Å². The lowest BCUT2D eigenvalue weighted by Gasteiger charge is -2.53. The molecule has 0 amide bonds. The summed E-state index contributed by atoms with van der Waals surface area (Å²) < 4.78 is 7.95. The number of aliphatic hydroxyl groups is 3. The summed E-state index contributed by atoms with van der Waals surface area (Å²) in [6.45, 7) is 6.58. The number of aromatic hydroxyl groups is 1. The molecule has 4 fully saturated rings. The highest BCUT2D eigenvalue weighted by Crippen LogP contribution is 2.42. The molecule has 0 aromatic heterocycles. The zero-order valence-corrected chi connectivity index (χ0v) is 28.1. The number of unbranched alkanes of at least 4 members (excludes halogenated alkanes) is 7. The van der Waals surface area contributed by atoms with E-state index in [0.717, 1.165) is 37.9 Å². The predicted molar refractivity (Wildman–Crippen MR) is 190 cm³/mol. The molecule has 3 heterocycles. The van der Waals surface area contributed by atoms with Crippen LogP contribution in [0.1, 0.15) is 120 Å². The quantitative estimate of drug-likeness (QED) is 0.0782. The average molecular weight is 654 g/mol. The zero-order valence-electron chi connectivity index (χ0n) is 28.1. The number of benzene rings is 2. The van der Waals surface area contributed by atoms with E-state index >= 15 is 0 Å². The molecule has 2 bridgehead atoms. The zero-order chi connectivity index (χ0) is 32.2. The van der Waals surface area contributed by atoms with Crippen LogP contribution in [0.5, 0.6) is 5.75 Å². The molecule has 7 nitrogen and oxygen atoms in total. The predicted octanol–water partition coefficient (Wildman–Crippen LogP) is 6.97. The van der Waals surface area contributed by atoms with Gasteiger partial charge in [0.15, 0.2) is 0 Å². The normalized spacial score (nSPS) is 24.6. The first kappa shape index (κ1) is 37.8. The Bertz CT molecular complexity index is 1160. The van der Waals surface area contributed by atoms with Gasteiger partial charge in [-0.2, -0.15) is 0 Å². The van der Waals surface area contributed by atoms with Gasteiger partial charge in [0.05, 0.1) is 39.0 Å². The van der Waals surface area contributed by atoms with Crippen molar-refractivity contribution in [1.82, 2.24) is 5.32 Å². The molecule has 264 valence electrons. The highest BCUT2D eigenvalue weighted by Gasteiger charge is 2.48. The number of aliphatic hydroxyl groups excluding tert-OH is 2. The van der Waals surface area contributed by atoms with Gasteiger partial charge < -0.3 is 35.0 Å². The SMILES string of the molecule is C.OCc1cc([C@@H](O)CNCCCCCCCCCC[N+]23CCC(CC2)[C@@H](OC[C@@](O)(c2ccccc2)C2CCCC2)C3)ccc1O. The lowest BCUT2D eigenvalue weighted by atomic mass is 9.80. The maximum absolute atomic E-state index is 12.0.